The minimum absolute atomic E-state index is 0.154. The topological polar surface area (TPSA) is 63.2 Å². The molecule has 0 aromatic heterocycles. The van der Waals surface area contributed by atoms with Gasteiger partial charge >= 0.3 is 0 Å². The van der Waals surface area contributed by atoms with E-state index in [1.165, 1.54) is 6.08 Å². The van der Waals surface area contributed by atoms with Crippen LogP contribution in [0.4, 0.5) is 0 Å². The van der Waals surface area contributed by atoms with E-state index in [9.17, 15) is 4.79 Å². The highest BCUT2D eigenvalue weighted by Crippen LogP contribution is 2.35. The van der Waals surface area contributed by atoms with Crippen LogP contribution < -0.4 is 23.7 Å². The van der Waals surface area contributed by atoms with E-state index in [-0.39, 0.29) is 5.78 Å². The Bertz CT molecular complexity index is 840. The third-order valence-electron chi connectivity index (χ3n) is 3.98. The second-order valence-corrected chi connectivity index (χ2v) is 5.51. The minimum Gasteiger partial charge on any atom is -0.496 e. The van der Waals surface area contributed by atoms with Gasteiger partial charge in [-0.15, -0.1) is 0 Å². The Balaban J connectivity index is 1.86. The van der Waals surface area contributed by atoms with Crippen molar-refractivity contribution in [3.8, 4) is 28.7 Å². The van der Waals surface area contributed by atoms with Crippen LogP contribution in [0.2, 0.25) is 0 Å². The lowest BCUT2D eigenvalue weighted by Crippen LogP contribution is -2.15. The Morgan fingerprint density at radius 2 is 1.54 bits per heavy atom. The highest BCUT2D eigenvalue weighted by Gasteiger charge is 2.14. The van der Waals surface area contributed by atoms with Crippen molar-refractivity contribution in [3.63, 3.8) is 0 Å². The fourth-order valence-corrected chi connectivity index (χ4v) is 2.64. The number of fused-ring (bicyclic) bond motifs is 1. The molecule has 0 unspecified atom stereocenters. The molecule has 0 aliphatic carbocycles. The van der Waals surface area contributed by atoms with Crippen LogP contribution in [0.3, 0.4) is 0 Å². The summed E-state index contributed by atoms with van der Waals surface area (Å²) < 4.78 is 26.9. The first-order valence-electron chi connectivity index (χ1n) is 8.08. The zero-order valence-electron chi connectivity index (χ0n) is 14.9. The van der Waals surface area contributed by atoms with Gasteiger partial charge in [0.05, 0.1) is 21.3 Å². The third-order valence-corrected chi connectivity index (χ3v) is 3.98. The maximum Gasteiger partial charge on any atom is 0.185 e. The molecular formula is C20H20O6. The quantitative estimate of drug-likeness (QED) is 0.584. The van der Waals surface area contributed by atoms with Crippen LogP contribution in [0.1, 0.15) is 15.9 Å². The Kier molecular flexibility index (Phi) is 5.31. The molecule has 0 saturated carbocycles. The molecule has 0 atom stereocenters. The standard InChI is InChI=1S/C20H20O6/c1-22-17-12-19(24-3)18(23-2)11-14(17)4-6-15(21)13-5-7-16-20(10-13)26-9-8-25-16/h4-7,10-12H,8-9H2,1-3H3. The summed E-state index contributed by atoms with van der Waals surface area (Å²) in [6, 6.07) is 8.61. The zero-order valence-corrected chi connectivity index (χ0v) is 14.9. The number of rotatable bonds is 6. The van der Waals surface area contributed by atoms with E-state index in [1.54, 1.807) is 57.7 Å². The number of ketones is 1. The van der Waals surface area contributed by atoms with E-state index in [1.807, 2.05) is 0 Å². The maximum atomic E-state index is 12.5. The van der Waals surface area contributed by atoms with Crippen molar-refractivity contribution in [1.29, 1.82) is 0 Å². The first-order chi connectivity index (χ1) is 12.7. The van der Waals surface area contributed by atoms with Gasteiger partial charge in [-0.25, -0.2) is 0 Å². The van der Waals surface area contributed by atoms with Gasteiger partial charge in [0.1, 0.15) is 19.0 Å². The highest BCUT2D eigenvalue weighted by atomic mass is 16.6. The average Bonchev–Trinajstić information content (AvgIpc) is 2.70. The van der Waals surface area contributed by atoms with Gasteiger partial charge in [-0.1, -0.05) is 0 Å². The van der Waals surface area contributed by atoms with Crippen LogP contribution >= 0.6 is 0 Å². The van der Waals surface area contributed by atoms with Crippen LogP contribution in [-0.2, 0) is 0 Å². The molecule has 0 bridgehead atoms. The van der Waals surface area contributed by atoms with Gasteiger partial charge in [0.15, 0.2) is 28.8 Å². The number of allylic oxidation sites excluding steroid dienone is 1. The van der Waals surface area contributed by atoms with Gasteiger partial charge in [-0.2, -0.15) is 0 Å². The van der Waals surface area contributed by atoms with Crippen LogP contribution in [0.25, 0.3) is 6.08 Å². The molecular weight excluding hydrogens is 336 g/mol. The van der Waals surface area contributed by atoms with Crippen molar-refractivity contribution >= 4 is 11.9 Å². The maximum absolute atomic E-state index is 12.5. The lowest BCUT2D eigenvalue weighted by Gasteiger charge is -2.18. The van der Waals surface area contributed by atoms with Crippen LogP contribution in [0.15, 0.2) is 36.4 Å². The summed E-state index contributed by atoms with van der Waals surface area (Å²) in [4.78, 5) is 12.5. The van der Waals surface area contributed by atoms with Crippen molar-refractivity contribution in [2.75, 3.05) is 34.5 Å². The molecule has 6 nitrogen and oxygen atoms in total. The normalized spacial score (nSPS) is 12.7. The molecule has 2 aromatic carbocycles. The Labute approximate surface area is 151 Å². The van der Waals surface area contributed by atoms with E-state index in [0.29, 0.717) is 53.1 Å². The van der Waals surface area contributed by atoms with Gasteiger partial charge < -0.3 is 23.7 Å². The molecule has 0 spiro atoms. The Morgan fingerprint density at radius 1 is 0.885 bits per heavy atom. The zero-order chi connectivity index (χ0) is 18.5. The summed E-state index contributed by atoms with van der Waals surface area (Å²) in [5.74, 6) is 2.77. The SMILES string of the molecule is COc1cc(OC)c(OC)cc1C=CC(=O)c1ccc2c(c1)OCCO2. The Hall–Kier alpha value is -3.15. The molecule has 1 aliphatic rings. The van der Waals surface area contributed by atoms with Gasteiger partial charge in [0.2, 0.25) is 0 Å². The van der Waals surface area contributed by atoms with Crippen LogP contribution in [0, 0.1) is 0 Å². The smallest absolute Gasteiger partial charge is 0.185 e. The van der Waals surface area contributed by atoms with Crippen molar-refractivity contribution < 1.29 is 28.5 Å². The summed E-state index contributed by atoms with van der Waals surface area (Å²) >= 11 is 0. The van der Waals surface area contributed by atoms with Crippen molar-refractivity contribution in [2.24, 2.45) is 0 Å². The van der Waals surface area contributed by atoms with E-state index in [0.717, 1.165) is 0 Å². The Morgan fingerprint density at radius 3 is 2.23 bits per heavy atom. The van der Waals surface area contributed by atoms with E-state index in [4.69, 9.17) is 23.7 Å². The van der Waals surface area contributed by atoms with Gasteiger partial charge in [-0.05, 0) is 36.4 Å². The third kappa shape index (κ3) is 3.59. The molecule has 0 fully saturated rings. The van der Waals surface area contributed by atoms with Crippen molar-refractivity contribution in [1.82, 2.24) is 0 Å². The van der Waals surface area contributed by atoms with E-state index >= 15 is 0 Å². The number of ether oxygens (including phenoxy) is 5. The molecule has 0 N–H and O–H groups in total. The molecule has 26 heavy (non-hydrogen) atoms. The van der Waals surface area contributed by atoms with E-state index in [2.05, 4.69) is 0 Å². The molecule has 0 radical (unpaired) electrons. The van der Waals surface area contributed by atoms with Crippen molar-refractivity contribution in [2.45, 2.75) is 0 Å². The summed E-state index contributed by atoms with van der Waals surface area (Å²) in [6.07, 6.45) is 3.16. The fourth-order valence-electron chi connectivity index (χ4n) is 2.64. The first-order valence-corrected chi connectivity index (χ1v) is 8.08. The van der Waals surface area contributed by atoms with Gasteiger partial charge in [0.25, 0.3) is 0 Å². The molecule has 1 aliphatic heterocycles. The summed E-state index contributed by atoms with van der Waals surface area (Å²) in [5.41, 5.74) is 1.22. The summed E-state index contributed by atoms with van der Waals surface area (Å²) in [6.45, 7) is 0.989. The molecule has 1 heterocycles. The van der Waals surface area contributed by atoms with Gasteiger partial charge in [-0.3, -0.25) is 4.79 Å². The molecule has 6 heteroatoms. The van der Waals surface area contributed by atoms with Crippen LogP contribution in [-0.4, -0.2) is 40.3 Å². The highest BCUT2D eigenvalue weighted by molar-refractivity contribution is 6.07. The number of hydrogen-bond acceptors (Lipinski definition) is 6. The number of carbonyl (C=O) groups is 1. The monoisotopic (exact) mass is 356 g/mol. The number of hydrogen-bond donors (Lipinski definition) is 0. The predicted molar refractivity (Wildman–Crippen MR) is 96.9 cm³/mol. The van der Waals surface area contributed by atoms with E-state index < -0.39 is 0 Å². The number of benzene rings is 2. The number of carbonyl (C=O) groups excluding carboxylic acids is 1. The fraction of sp³-hybridized carbons (Fsp3) is 0.250. The molecule has 136 valence electrons. The molecule has 0 amide bonds. The second kappa shape index (κ2) is 7.82. The first kappa shape index (κ1) is 17.7. The minimum atomic E-state index is -0.154. The lowest BCUT2D eigenvalue weighted by molar-refractivity contribution is 0.104. The van der Waals surface area contributed by atoms with Crippen molar-refractivity contribution in [3.05, 3.63) is 47.5 Å². The summed E-state index contributed by atoms with van der Waals surface area (Å²) in [7, 11) is 4.66. The van der Waals surface area contributed by atoms with Crippen LogP contribution in [0.5, 0.6) is 28.7 Å². The second-order valence-electron chi connectivity index (χ2n) is 5.51. The number of methoxy groups -OCH3 is 3. The summed E-state index contributed by atoms with van der Waals surface area (Å²) in [5, 5.41) is 0. The largest absolute Gasteiger partial charge is 0.496 e. The lowest BCUT2D eigenvalue weighted by atomic mass is 10.1. The predicted octanol–water partition coefficient (Wildman–Crippen LogP) is 3.38. The van der Waals surface area contributed by atoms with Gasteiger partial charge in [0, 0.05) is 17.2 Å². The molecule has 3 rings (SSSR count). The average molecular weight is 356 g/mol. The molecule has 2 aromatic rings. The molecule has 0 saturated heterocycles.